The number of hydrogen-bond acceptors (Lipinski definition) is 3. The van der Waals surface area contributed by atoms with Gasteiger partial charge in [-0.1, -0.05) is 6.92 Å². The van der Waals surface area contributed by atoms with Crippen LogP contribution in [0.5, 0.6) is 0 Å². The maximum absolute atomic E-state index is 10.8. The molecule has 0 rings (SSSR count). The van der Waals surface area contributed by atoms with Gasteiger partial charge in [0.05, 0.1) is 6.42 Å². The van der Waals surface area contributed by atoms with Crippen molar-refractivity contribution in [1.82, 2.24) is 0 Å². The van der Waals surface area contributed by atoms with Crippen molar-refractivity contribution < 1.29 is 36.9 Å². The Morgan fingerprint density at radius 1 is 1.08 bits per heavy atom. The van der Waals surface area contributed by atoms with Crippen LogP contribution in [0.1, 0.15) is 32.6 Å². The minimum absolute atomic E-state index is 0. The van der Waals surface area contributed by atoms with E-state index in [0.717, 1.165) is 0 Å². The second kappa shape index (κ2) is 7.96. The van der Waals surface area contributed by atoms with Gasteiger partial charge in [0.1, 0.15) is 12.2 Å². The molecule has 0 spiro atoms. The van der Waals surface area contributed by atoms with E-state index in [1.165, 1.54) is 0 Å². The summed E-state index contributed by atoms with van der Waals surface area (Å²) in [5, 5.41) is 8.19. The molecule has 0 aromatic heterocycles. The zero-order chi connectivity index (χ0) is 9.56. The summed E-state index contributed by atoms with van der Waals surface area (Å²) in [6, 6.07) is 0. The fourth-order valence-corrected chi connectivity index (χ4v) is 0.818. The Hall–Kier alpha value is -0.658. The molecule has 4 nitrogen and oxygen atoms in total. The van der Waals surface area contributed by atoms with Crippen molar-refractivity contribution in [3.63, 3.8) is 0 Å². The predicted molar refractivity (Wildman–Crippen MR) is 41.8 cm³/mol. The van der Waals surface area contributed by atoms with Gasteiger partial charge in [0.15, 0.2) is 5.78 Å². The molecule has 0 unspecified atom stereocenters. The van der Waals surface area contributed by atoms with Crippen molar-refractivity contribution >= 4 is 17.5 Å². The van der Waals surface area contributed by atoms with Crippen molar-refractivity contribution in [2.24, 2.45) is 0 Å². The quantitative estimate of drug-likeness (QED) is 0.677. The summed E-state index contributed by atoms with van der Waals surface area (Å²) in [7, 11) is 0. The van der Waals surface area contributed by atoms with Gasteiger partial charge in [-0.3, -0.25) is 14.4 Å². The average molecular weight is 224 g/mol. The molecule has 1 N–H and O–H groups in total. The molecule has 74 valence electrons. The Bertz CT molecular complexity index is 200. The van der Waals surface area contributed by atoms with Crippen LogP contribution < -0.4 is 0 Å². The zero-order valence-corrected chi connectivity index (χ0v) is 8.68. The zero-order valence-electron chi connectivity index (χ0n) is 7.41. The van der Waals surface area contributed by atoms with Crippen molar-refractivity contribution in [2.75, 3.05) is 0 Å². The molecule has 0 aliphatic rings. The van der Waals surface area contributed by atoms with E-state index in [4.69, 9.17) is 5.11 Å². The molecule has 0 amide bonds. The largest absolute Gasteiger partial charge is 0.481 e. The predicted octanol–water partition coefficient (Wildman–Crippen LogP) is 0.787. The molecule has 0 atom stereocenters. The van der Waals surface area contributed by atoms with E-state index in [2.05, 4.69) is 0 Å². The van der Waals surface area contributed by atoms with Crippen LogP contribution in [0.3, 0.4) is 0 Å². The molecule has 5 heteroatoms. The van der Waals surface area contributed by atoms with E-state index >= 15 is 0 Å². The first-order valence-electron chi connectivity index (χ1n) is 3.81. The summed E-state index contributed by atoms with van der Waals surface area (Å²) in [6.07, 6.45) is 0.264. The summed E-state index contributed by atoms with van der Waals surface area (Å²) < 4.78 is 0. The van der Waals surface area contributed by atoms with Gasteiger partial charge in [0.25, 0.3) is 0 Å². The number of hydrogen-bond donors (Lipinski definition) is 1. The van der Waals surface area contributed by atoms with Crippen molar-refractivity contribution in [3.05, 3.63) is 0 Å². The molecule has 0 aliphatic heterocycles. The third-order valence-electron chi connectivity index (χ3n) is 1.27. The first-order valence-corrected chi connectivity index (χ1v) is 3.81. The first-order chi connectivity index (χ1) is 5.56. The maximum atomic E-state index is 10.8. The average Bonchev–Trinajstić information content (AvgIpc) is 1.84. The van der Waals surface area contributed by atoms with Gasteiger partial charge in [0, 0.05) is 23.8 Å². The number of carboxylic acids is 1. The summed E-state index contributed by atoms with van der Waals surface area (Å²) in [5.74, 6) is -1.87. The van der Waals surface area contributed by atoms with E-state index in [-0.39, 0.29) is 29.6 Å². The van der Waals surface area contributed by atoms with Crippen LogP contribution in [0.2, 0.25) is 0 Å². The van der Waals surface area contributed by atoms with Crippen LogP contribution in [0.15, 0.2) is 0 Å². The Labute approximate surface area is 87.4 Å². The molecule has 0 bridgehead atoms. The van der Waals surface area contributed by atoms with Gasteiger partial charge in [-0.15, -0.1) is 0 Å². The smallest absolute Gasteiger partial charge is 0.310 e. The van der Waals surface area contributed by atoms with Gasteiger partial charge in [-0.2, -0.15) is 0 Å². The maximum Gasteiger partial charge on any atom is 0.310 e. The number of carbonyl (C=O) groups is 3. The molecule has 0 saturated heterocycles. The Morgan fingerprint density at radius 3 is 2.00 bits per heavy atom. The fourth-order valence-electron chi connectivity index (χ4n) is 0.818. The van der Waals surface area contributed by atoms with Crippen molar-refractivity contribution in [3.8, 4) is 0 Å². The van der Waals surface area contributed by atoms with E-state index in [9.17, 15) is 14.4 Å². The molecule has 13 heavy (non-hydrogen) atoms. The summed E-state index contributed by atoms with van der Waals surface area (Å²) >= 11 is 0. The molecule has 0 aromatic carbocycles. The number of carboxylic acid groups (broad SMARTS) is 1. The van der Waals surface area contributed by atoms with E-state index in [1.54, 1.807) is 0 Å². The third-order valence-corrected chi connectivity index (χ3v) is 1.27. The minimum Gasteiger partial charge on any atom is -0.481 e. The van der Waals surface area contributed by atoms with Gasteiger partial charge in [-0.05, 0) is 6.42 Å². The Balaban J connectivity index is 0. The van der Waals surface area contributed by atoms with Crippen LogP contribution in [-0.4, -0.2) is 22.6 Å². The normalized spacial score (nSPS) is 8.69. The van der Waals surface area contributed by atoms with Crippen molar-refractivity contribution in [2.45, 2.75) is 32.6 Å². The summed E-state index contributed by atoms with van der Waals surface area (Å²) in [6.45, 7) is 1.83. The first kappa shape index (κ1) is 14.8. The van der Waals surface area contributed by atoms with E-state index in [1.807, 2.05) is 6.92 Å². The molecule has 0 saturated carbocycles. The topological polar surface area (TPSA) is 71.4 Å². The number of carbonyl (C=O) groups excluding carboxylic acids is 2. The van der Waals surface area contributed by atoms with Gasteiger partial charge in [0.2, 0.25) is 0 Å². The van der Waals surface area contributed by atoms with Crippen LogP contribution >= 0.6 is 0 Å². The van der Waals surface area contributed by atoms with Crippen LogP contribution in [0.4, 0.5) is 0 Å². The second-order valence-electron chi connectivity index (χ2n) is 2.57. The minimum atomic E-state index is -1.18. The molecular formula is C8H12CrO4. The second-order valence-corrected chi connectivity index (χ2v) is 2.57. The van der Waals surface area contributed by atoms with Crippen molar-refractivity contribution in [1.29, 1.82) is 0 Å². The number of Topliss-reactive ketones (excluding diaryl/α,β-unsaturated/α-hetero) is 2. The van der Waals surface area contributed by atoms with Crippen LogP contribution in [-0.2, 0) is 31.7 Å². The van der Waals surface area contributed by atoms with Gasteiger partial charge in [-0.25, -0.2) is 0 Å². The fraction of sp³-hybridized carbons (Fsp3) is 0.625. The van der Waals surface area contributed by atoms with Gasteiger partial charge < -0.3 is 5.11 Å². The molecule has 0 aromatic rings. The standard InChI is InChI=1S/C8H12O4.Cr/c1-2-3-6(9)4-7(10)5-8(11)12;/h2-5H2,1H3,(H,11,12);. The molecule has 0 heterocycles. The number of aliphatic carboxylic acids is 1. The van der Waals surface area contributed by atoms with Crippen LogP contribution in [0.25, 0.3) is 0 Å². The number of rotatable bonds is 6. The molecular weight excluding hydrogens is 212 g/mol. The Morgan fingerprint density at radius 2 is 1.62 bits per heavy atom. The summed E-state index contributed by atoms with van der Waals surface area (Å²) in [5.41, 5.74) is 0. The summed E-state index contributed by atoms with van der Waals surface area (Å²) in [4.78, 5) is 31.6. The van der Waals surface area contributed by atoms with Crippen LogP contribution in [0, 0.1) is 0 Å². The molecule has 0 fully saturated rings. The number of ketones is 2. The Kier molecular flexibility index (Phi) is 9.09. The molecule has 0 radical (unpaired) electrons. The van der Waals surface area contributed by atoms with Gasteiger partial charge >= 0.3 is 5.97 Å². The monoisotopic (exact) mass is 224 g/mol. The third kappa shape index (κ3) is 9.26. The SMILES string of the molecule is CCCC(=O)CC(=O)CC(=O)O.[Cr]. The van der Waals surface area contributed by atoms with E-state index in [0.29, 0.717) is 12.8 Å². The molecule has 0 aliphatic carbocycles. The van der Waals surface area contributed by atoms with E-state index < -0.39 is 18.2 Å².